The zero-order valence-electron chi connectivity index (χ0n) is 10.0. The molecule has 0 saturated heterocycles. The van der Waals surface area contributed by atoms with Crippen LogP contribution in [0.25, 0.3) is 0 Å². The van der Waals surface area contributed by atoms with Crippen LogP contribution in [-0.2, 0) is 21.7 Å². The summed E-state index contributed by atoms with van der Waals surface area (Å²) in [5.41, 5.74) is 4.39. The molecule has 0 nitrogen and oxygen atoms in total. The van der Waals surface area contributed by atoms with Gasteiger partial charge in [0.05, 0.1) is 0 Å². The van der Waals surface area contributed by atoms with Crippen LogP contribution in [0.1, 0.15) is 34.6 Å². The maximum absolute atomic E-state index is 3.44. The van der Waals surface area contributed by atoms with Gasteiger partial charge in [-0.05, 0) is 0 Å². The second-order valence-electron chi connectivity index (χ2n) is 3.62. The molecule has 0 aromatic carbocycles. The molecule has 0 bridgehead atoms. The molecule has 0 amide bonds. The number of hydrogen-bond donors (Lipinski definition) is 0. The Kier molecular flexibility index (Phi) is 8.46. The molecule has 0 heterocycles. The summed E-state index contributed by atoms with van der Waals surface area (Å²) in [5.74, 6) is 0. The van der Waals surface area contributed by atoms with E-state index in [0.717, 1.165) is 0 Å². The largest absolute Gasteiger partial charge is 3.00 e. The fourth-order valence-electron chi connectivity index (χ4n) is 1.41. The van der Waals surface area contributed by atoms with Crippen molar-refractivity contribution in [2.24, 2.45) is 5.41 Å². The number of rotatable bonds is 0. The Hall–Kier alpha value is 0.194. The summed E-state index contributed by atoms with van der Waals surface area (Å²) in [5, 5.41) is 0. The average molecular weight is 213 g/mol. The molecule has 1 aliphatic carbocycles. The quantitative estimate of drug-likeness (QED) is 0.421. The molecular formula is C12H21Ti. The minimum Gasteiger partial charge on any atom is -0.358 e. The van der Waals surface area contributed by atoms with Crippen LogP contribution in [0.5, 0.6) is 0 Å². The SMILES string of the molecule is CC1=[C-]C(C)(C)C(C)=C1C.[CH3-].[CH3-].[Ti+3]. The summed E-state index contributed by atoms with van der Waals surface area (Å²) < 4.78 is 0. The second kappa shape index (κ2) is 5.83. The fraction of sp³-hybridized carbons (Fsp3) is 0.500. The third kappa shape index (κ3) is 3.44. The first-order chi connectivity index (χ1) is 4.45. The van der Waals surface area contributed by atoms with Crippen LogP contribution in [0, 0.1) is 26.3 Å². The Labute approximate surface area is 99.4 Å². The van der Waals surface area contributed by atoms with Gasteiger partial charge in [0.1, 0.15) is 0 Å². The van der Waals surface area contributed by atoms with Crippen LogP contribution >= 0.6 is 0 Å². The summed E-state index contributed by atoms with van der Waals surface area (Å²) in [6.45, 7) is 10.9. The van der Waals surface area contributed by atoms with Crippen molar-refractivity contribution < 1.29 is 21.7 Å². The number of allylic oxidation sites excluding steroid dienone is 4. The summed E-state index contributed by atoms with van der Waals surface area (Å²) in [6.07, 6.45) is 3.44. The Balaban J connectivity index is -0.000000333. The van der Waals surface area contributed by atoms with Gasteiger partial charge in [0.25, 0.3) is 0 Å². The molecule has 13 heavy (non-hydrogen) atoms. The molecule has 1 heteroatoms. The molecule has 0 N–H and O–H groups in total. The Bertz CT molecular complexity index is 219. The van der Waals surface area contributed by atoms with E-state index in [9.17, 15) is 0 Å². The van der Waals surface area contributed by atoms with Crippen LogP contribution in [-0.4, -0.2) is 0 Å². The predicted octanol–water partition coefficient (Wildman–Crippen LogP) is 4.01. The van der Waals surface area contributed by atoms with Crippen LogP contribution in [0.3, 0.4) is 0 Å². The Morgan fingerprint density at radius 2 is 1.38 bits per heavy atom. The van der Waals surface area contributed by atoms with E-state index < -0.39 is 0 Å². The first-order valence-electron chi connectivity index (χ1n) is 3.75. The molecule has 0 aliphatic heterocycles. The minimum absolute atomic E-state index is 0. The van der Waals surface area contributed by atoms with E-state index in [1.165, 1.54) is 16.7 Å². The van der Waals surface area contributed by atoms with Gasteiger partial charge in [0, 0.05) is 0 Å². The van der Waals surface area contributed by atoms with Gasteiger partial charge in [-0.15, -0.1) is 6.92 Å². The van der Waals surface area contributed by atoms with E-state index in [1.54, 1.807) is 0 Å². The summed E-state index contributed by atoms with van der Waals surface area (Å²) >= 11 is 0. The molecule has 0 fully saturated rings. The third-order valence-electron chi connectivity index (χ3n) is 2.56. The van der Waals surface area contributed by atoms with Gasteiger partial charge >= 0.3 is 21.7 Å². The first-order valence-corrected chi connectivity index (χ1v) is 3.75. The maximum atomic E-state index is 3.44. The van der Waals surface area contributed by atoms with Gasteiger partial charge in [0.15, 0.2) is 0 Å². The molecular weight excluding hydrogens is 192 g/mol. The van der Waals surface area contributed by atoms with Crippen LogP contribution < -0.4 is 0 Å². The van der Waals surface area contributed by atoms with Gasteiger partial charge in [-0.1, -0.05) is 33.1 Å². The normalized spacial score (nSPS) is 18.1. The second-order valence-corrected chi connectivity index (χ2v) is 3.62. The van der Waals surface area contributed by atoms with Gasteiger partial charge < -0.3 is 14.9 Å². The van der Waals surface area contributed by atoms with Crippen LogP contribution in [0.15, 0.2) is 16.7 Å². The Morgan fingerprint density at radius 1 is 1.00 bits per heavy atom. The van der Waals surface area contributed by atoms with Crippen molar-refractivity contribution in [2.75, 3.05) is 0 Å². The monoisotopic (exact) mass is 213 g/mol. The summed E-state index contributed by atoms with van der Waals surface area (Å²) in [7, 11) is 0. The minimum atomic E-state index is 0. The number of hydrogen-bond acceptors (Lipinski definition) is 0. The van der Waals surface area contributed by atoms with E-state index in [2.05, 4.69) is 40.7 Å². The first kappa shape index (κ1) is 18.9. The van der Waals surface area contributed by atoms with Crippen LogP contribution in [0.4, 0.5) is 0 Å². The fourth-order valence-corrected chi connectivity index (χ4v) is 1.41. The van der Waals surface area contributed by atoms with Gasteiger partial charge in [-0.25, -0.2) is 5.57 Å². The van der Waals surface area contributed by atoms with Crippen LogP contribution in [0.2, 0.25) is 0 Å². The maximum Gasteiger partial charge on any atom is 3.00 e. The standard InChI is InChI=1S/C10H15.2CH3.Ti/c1-7-6-10(4,5)9(3)8(7)2;;;/h1-5H3;2*1H3;/q3*-1;+3. The summed E-state index contributed by atoms with van der Waals surface area (Å²) in [6, 6.07) is 0. The molecule has 0 aromatic heterocycles. The van der Waals surface area contributed by atoms with Crippen molar-refractivity contribution in [1.82, 2.24) is 0 Å². The van der Waals surface area contributed by atoms with Crippen molar-refractivity contribution in [3.63, 3.8) is 0 Å². The molecule has 0 atom stereocenters. The zero-order valence-corrected chi connectivity index (χ0v) is 11.6. The van der Waals surface area contributed by atoms with Crippen molar-refractivity contribution in [1.29, 1.82) is 0 Å². The smallest absolute Gasteiger partial charge is 0.358 e. The van der Waals surface area contributed by atoms with Gasteiger partial charge in [-0.2, -0.15) is 11.1 Å². The van der Waals surface area contributed by atoms with Crippen molar-refractivity contribution in [3.8, 4) is 0 Å². The molecule has 0 saturated carbocycles. The van der Waals surface area contributed by atoms with Gasteiger partial charge in [0.2, 0.25) is 0 Å². The molecule has 0 aromatic rings. The molecule has 73 valence electrons. The third-order valence-corrected chi connectivity index (χ3v) is 2.56. The van der Waals surface area contributed by atoms with Crippen molar-refractivity contribution in [3.05, 3.63) is 37.6 Å². The zero-order chi connectivity index (χ0) is 7.94. The molecule has 0 unspecified atom stereocenters. The molecule has 1 radical (unpaired) electrons. The summed E-state index contributed by atoms with van der Waals surface area (Å²) in [4.78, 5) is 0. The van der Waals surface area contributed by atoms with E-state index in [1.807, 2.05) is 0 Å². The predicted molar refractivity (Wildman–Crippen MR) is 57.4 cm³/mol. The van der Waals surface area contributed by atoms with E-state index in [-0.39, 0.29) is 42.0 Å². The Morgan fingerprint density at radius 3 is 1.46 bits per heavy atom. The van der Waals surface area contributed by atoms with Gasteiger partial charge in [-0.3, -0.25) is 6.08 Å². The topological polar surface area (TPSA) is 0 Å². The molecule has 0 spiro atoms. The van der Waals surface area contributed by atoms with Crippen molar-refractivity contribution >= 4 is 0 Å². The molecule has 1 aliphatic rings. The average Bonchev–Trinajstić information content (AvgIpc) is 1.95. The van der Waals surface area contributed by atoms with Crippen molar-refractivity contribution in [2.45, 2.75) is 34.6 Å². The molecule has 1 rings (SSSR count). The van der Waals surface area contributed by atoms with E-state index in [0.29, 0.717) is 0 Å². The van der Waals surface area contributed by atoms with E-state index >= 15 is 0 Å². The van der Waals surface area contributed by atoms with E-state index in [4.69, 9.17) is 0 Å².